The maximum absolute atomic E-state index is 5.73. The number of nitrogens with zero attached hydrogens (tertiary/aromatic N) is 2. The van der Waals surface area contributed by atoms with Crippen LogP contribution in [0.4, 0.5) is 17.3 Å². The van der Waals surface area contributed by atoms with E-state index in [0.29, 0.717) is 17.3 Å². The van der Waals surface area contributed by atoms with Crippen LogP contribution in [0.3, 0.4) is 0 Å². The highest BCUT2D eigenvalue weighted by atomic mass is 79.9. The van der Waals surface area contributed by atoms with Gasteiger partial charge in [-0.15, -0.1) is 0 Å². The number of methoxy groups -OCH3 is 2. The van der Waals surface area contributed by atoms with Crippen LogP contribution in [0.2, 0.25) is 0 Å². The highest BCUT2D eigenvalue weighted by Gasteiger charge is 2.12. The van der Waals surface area contributed by atoms with Crippen molar-refractivity contribution < 1.29 is 9.47 Å². The van der Waals surface area contributed by atoms with E-state index >= 15 is 0 Å². The lowest BCUT2D eigenvalue weighted by Crippen LogP contribution is -2.03. The molecule has 0 atom stereocenters. The van der Waals surface area contributed by atoms with Gasteiger partial charge in [0.2, 0.25) is 5.75 Å². The van der Waals surface area contributed by atoms with Gasteiger partial charge in [0.05, 0.1) is 19.9 Å². The number of nitrogens with two attached hydrogens (primary N) is 1. The van der Waals surface area contributed by atoms with Gasteiger partial charge in [-0.2, -0.15) is 0 Å². The molecular formula is C12H13BrN4O2. The minimum atomic E-state index is 0.272. The summed E-state index contributed by atoms with van der Waals surface area (Å²) in [5, 5.41) is 3.11. The molecule has 19 heavy (non-hydrogen) atoms. The van der Waals surface area contributed by atoms with Crippen molar-refractivity contribution in [2.24, 2.45) is 0 Å². The van der Waals surface area contributed by atoms with Crippen LogP contribution in [0.5, 0.6) is 11.5 Å². The zero-order valence-corrected chi connectivity index (χ0v) is 12.1. The second-order valence-electron chi connectivity index (χ2n) is 3.61. The minimum absolute atomic E-state index is 0.272. The van der Waals surface area contributed by atoms with Gasteiger partial charge in [0.1, 0.15) is 12.1 Å². The minimum Gasteiger partial charge on any atom is -0.495 e. The van der Waals surface area contributed by atoms with E-state index in [1.807, 2.05) is 18.2 Å². The summed E-state index contributed by atoms with van der Waals surface area (Å²) in [6, 6.07) is 5.59. The van der Waals surface area contributed by atoms with Gasteiger partial charge >= 0.3 is 0 Å². The molecule has 1 aromatic carbocycles. The van der Waals surface area contributed by atoms with Crippen LogP contribution in [-0.4, -0.2) is 24.2 Å². The number of hydrogen-bond donors (Lipinski definition) is 2. The average Bonchev–Trinajstić information content (AvgIpc) is 2.39. The second kappa shape index (κ2) is 5.75. The molecule has 100 valence electrons. The molecule has 1 aromatic heterocycles. The summed E-state index contributed by atoms with van der Waals surface area (Å²) in [6.45, 7) is 0. The van der Waals surface area contributed by atoms with Crippen molar-refractivity contribution in [3.05, 3.63) is 29.0 Å². The molecule has 6 nitrogen and oxygen atoms in total. The molecule has 2 rings (SSSR count). The summed E-state index contributed by atoms with van der Waals surface area (Å²) in [5.41, 5.74) is 6.47. The average molecular weight is 325 g/mol. The number of anilines is 3. The van der Waals surface area contributed by atoms with Crippen molar-refractivity contribution in [3.63, 3.8) is 0 Å². The van der Waals surface area contributed by atoms with Crippen LogP contribution in [0.1, 0.15) is 0 Å². The fourth-order valence-corrected chi connectivity index (χ4v) is 1.94. The van der Waals surface area contributed by atoms with Crippen molar-refractivity contribution in [2.45, 2.75) is 0 Å². The summed E-state index contributed by atoms with van der Waals surface area (Å²) in [4.78, 5) is 7.99. The zero-order valence-electron chi connectivity index (χ0n) is 10.5. The maximum Gasteiger partial charge on any atom is 0.204 e. The van der Waals surface area contributed by atoms with Gasteiger partial charge in [0.25, 0.3) is 0 Å². The Labute approximate surface area is 119 Å². The molecule has 0 amide bonds. The Morgan fingerprint density at radius 1 is 1.21 bits per heavy atom. The zero-order chi connectivity index (χ0) is 13.8. The van der Waals surface area contributed by atoms with Gasteiger partial charge in [-0.1, -0.05) is 15.9 Å². The summed E-state index contributed by atoms with van der Waals surface area (Å²) in [5.74, 6) is 1.83. The number of nitrogen functional groups attached to an aromatic ring is 1. The largest absolute Gasteiger partial charge is 0.495 e. The van der Waals surface area contributed by atoms with E-state index in [-0.39, 0.29) is 5.82 Å². The van der Waals surface area contributed by atoms with Crippen LogP contribution in [0, 0.1) is 0 Å². The van der Waals surface area contributed by atoms with Crippen LogP contribution >= 0.6 is 15.9 Å². The van der Waals surface area contributed by atoms with Crippen molar-refractivity contribution >= 4 is 33.3 Å². The van der Waals surface area contributed by atoms with E-state index in [1.54, 1.807) is 7.11 Å². The Bertz CT molecular complexity index is 592. The number of halogens is 1. The van der Waals surface area contributed by atoms with Crippen molar-refractivity contribution in [1.29, 1.82) is 0 Å². The predicted octanol–water partition coefficient (Wildman–Crippen LogP) is 2.58. The van der Waals surface area contributed by atoms with E-state index in [4.69, 9.17) is 15.2 Å². The fraction of sp³-hybridized carbons (Fsp3) is 0.167. The maximum atomic E-state index is 5.73. The first-order valence-electron chi connectivity index (χ1n) is 5.40. The Hall–Kier alpha value is -2.02. The highest BCUT2D eigenvalue weighted by molar-refractivity contribution is 9.10. The number of aromatic nitrogens is 2. The number of nitrogens with one attached hydrogen (secondary N) is 1. The van der Waals surface area contributed by atoms with Crippen LogP contribution in [-0.2, 0) is 0 Å². The lowest BCUT2D eigenvalue weighted by molar-refractivity contribution is 0.413. The third kappa shape index (κ3) is 2.87. The van der Waals surface area contributed by atoms with Gasteiger partial charge in [0.15, 0.2) is 11.6 Å². The Kier molecular flexibility index (Phi) is 4.06. The molecule has 0 saturated carbocycles. The van der Waals surface area contributed by atoms with Gasteiger partial charge in [-0.05, 0) is 18.2 Å². The Balaban J connectivity index is 2.41. The summed E-state index contributed by atoms with van der Waals surface area (Å²) >= 11 is 3.40. The predicted molar refractivity (Wildman–Crippen MR) is 77.0 cm³/mol. The van der Waals surface area contributed by atoms with Crippen LogP contribution < -0.4 is 20.5 Å². The lowest BCUT2D eigenvalue weighted by atomic mass is 10.3. The molecule has 0 aliphatic rings. The van der Waals surface area contributed by atoms with E-state index in [0.717, 1.165) is 10.2 Å². The second-order valence-corrected chi connectivity index (χ2v) is 4.53. The van der Waals surface area contributed by atoms with Gasteiger partial charge in [0, 0.05) is 4.47 Å². The number of benzene rings is 1. The van der Waals surface area contributed by atoms with Crippen molar-refractivity contribution in [3.8, 4) is 11.5 Å². The molecular weight excluding hydrogens is 312 g/mol. The first-order valence-corrected chi connectivity index (χ1v) is 6.20. The third-order valence-corrected chi connectivity index (χ3v) is 2.94. The molecule has 0 aliphatic carbocycles. The highest BCUT2D eigenvalue weighted by Crippen LogP contribution is 2.34. The monoisotopic (exact) mass is 324 g/mol. The summed E-state index contributed by atoms with van der Waals surface area (Å²) in [7, 11) is 3.11. The molecule has 0 fully saturated rings. The van der Waals surface area contributed by atoms with E-state index in [1.165, 1.54) is 13.4 Å². The lowest BCUT2D eigenvalue weighted by Gasteiger charge is -2.13. The molecule has 0 radical (unpaired) electrons. The van der Waals surface area contributed by atoms with Crippen molar-refractivity contribution in [1.82, 2.24) is 9.97 Å². The fourth-order valence-electron chi connectivity index (χ4n) is 1.58. The third-order valence-electron chi connectivity index (χ3n) is 2.45. The standard InChI is InChI=1S/C12H13BrN4O2/c1-18-9-4-3-7(13)5-8(9)17-12-10(19-2)11(14)15-6-16-12/h3-6H,1-2H3,(H3,14,15,16,17). The number of hydrogen-bond acceptors (Lipinski definition) is 6. The molecule has 7 heteroatoms. The molecule has 1 heterocycles. The molecule has 2 aromatic rings. The molecule has 0 saturated heterocycles. The molecule has 0 bridgehead atoms. The summed E-state index contributed by atoms with van der Waals surface area (Å²) < 4.78 is 11.4. The smallest absolute Gasteiger partial charge is 0.204 e. The number of ether oxygens (including phenoxy) is 2. The quantitative estimate of drug-likeness (QED) is 0.899. The topological polar surface area (TPSA) is 82.3 Å². The van der Waals surface area contributed by atoms with Gasteiger partial charge < -0.3 is 20.5 Å². The number of rotatable bonds is 4. The van der Waals surface area contributed by atoms with Gasteiger partial charge in [-0.25, -0.2) is 9.97 Å². The van der Waals surface area contributed by atoms with Gasteiger partial charge in [-0.3, -0.25) is 0 Å². The van der Waals surface area contributed by atoms with Crippen LogP contribution in [0.15, 0.2) is 29.0 Å². The Morgan fingerprint density at radius 3 is 2.68 bits per heavy atom. The van der Waals surface area contributed by atoms with E-state index in [2.05, 4.69) is 31.2 Å². The Morgan fingerprint density at radius 2 is 2.00 bits per heavy atom. The first-order chi connectivity index (χ1) is 9.15. The molecule has 0 aliphatic heterocycles. The van der Waals surface area contributed by atoms with Crippen molar-refractivity contribution in [2.75, 3.05) is 25.3 Å². The molecule has 0 spiro atoms. The van der Waals surface area contributed by atoms with E-state index in [9.17, 15) is 0 Å². The normalized spacial score (nSPS) is 10.1. The van der Waals surface area contributed by atoms with Crippen LogP contribution in [0.25, 0.3) is 0 Å². The molecule has 0 unspecified atom stereocenters. The first kappa shape index (κ1) is 13.4. The summed E-state index contributed by atoms with van der Waals surface area (Å²) in [6.07, 6.45) is 1.37. The molecule has 3 N–H and O–H groups in total. The SMILES string of the molecule is COc1ccc(Br)cc1Nc1ncnc(N)c1OC. The van der Waals surface area contributed by atoms with E-state index < -0.39 is 0 Å².